The smallest absolute Gasteiger partial charge is 0.337 e. The standard InChI is InChI=1S/C22H25N3O2/c1-17(2)24-12-14-25(15-13-24)21(23-20-10-5-4-6-11-20)18-8-7-9-19(16-18)22(26)27-3/h4-11,16H,1,12-15H2,2-3H3. The molecule has 5 heteroatoms. The molecule has 0 aromatic heterocycles. The van der Waals surface area contributed by atoms with Crippen LogP contribution in [0.25, 0.3) is 0 Å². The van der Waals surface area contributed by atoms with Crippen LogP contribution < -0.4 is 0 Å². The van der Waals surface area contributed by atoms with Crippen molar-refractivity contribution in [3.63, 3.8) is 0 Å². The number of benzene rings is 2. The van der Waals surface area contributed by atoms with E-state index >= 15 is 0 Å². The number of carbonyl (C=O) groups excluding carboxylic acids is 1. The number of methoxy groups -OCH3 is 1. The van der Waals surface area contributed by atoms with E-state index in [1.165, 1.54) is 7.11 Å². The van der Waals surface area contributed by atoms with Gasteiger partial charge in [-0.2, -0.15) is 0 Å². The second-order valence-electron chi connectivity index (χ2n) is 6.55. The first kappa shape index (κ1) is 18.7. The predicted molar refractivity (Wildman–Crippen MR) is 108 cm³/mol. The van der Waals surface area contributed by atoms with Gasteiger partial charge in [-0.3, -0.25) is 0 Å². The van der Waals surface area contributed by atoms with Crippen molar-refractivity contribution < 1.29 is 9.53 Å². The van der Waals surface area contributed by atoms with Crippen LogP contribution in [-0.4, -0.2) is 54.9 Å². The van der Waals surface area contributed by atoms with Crippen molar-refractivity contribution in [2.45, 2.75) is 6.92 Å². The first-order chi connectivity index (χ1) is 13.1. The summed E-state index contributed by atoms with van der Waals surface area (Å²) in [5.74, 6) is 0.524. The molecule has 2 aromatic carbocycles. The number of aliphatic imine (C=N–C) groups is 1. The number of nitrogens with zero attached hydrogens (tertiary/aromatic N) is 3. The predicted octanol–water partition coefficient (Wildman–Crippen LogP) is 3.70. The summed E-state index contributed by atoms with van der Waals surface area (Å²) in [4.78, 5) is 21.4. The molecule has 1 aliphatic rings. The minimum Gasteiger partial charge on any atom is -0.465 e. The average Bonchev–Trinajstić information content (AvgIpc) is 2.72. The van der Waals surface area contributed by atoms with Crippen molar-refractivity contribution in [3.8, 4) is 0 Å². The molecule has 2 aromatic rings. The highest BCUT2D eigenvalue weighted by molar-refractivity contribution is 6.02. The lowest BCUT2D eigenvalue weighted by Gasteiger charge is -2.38. The molecule has 0 radical (unpaired) electrons. The van der Waals surface area contributed by atoms with Crippen LogP contribution in [0.4, 0.5) is 5.69 Å². The van der Waals surface area contributed by atoms with Gasteiger partial charge < -0.3 is 14.5 Å². The molecule has 140 valence electrons. The molecule has 0 saturated carbocycles. The summed E-state index contributed by atoms with van der Waals surface area (Å²) < 4.78 is 4.87. The highest BCUT2D eigenvalue weighted by Crippen LogP contribution is 2.19. The van der Waals surface area contributed by atoms with Crippen molar-refractivity contribution in [2.24, 2.45) is 4.99 Å². The number of hydrogen-bond donors (Lipinski definition) is 0. The fourth-order valence-corrected chi connectivity index (χ4v) is 3.15. The number of allylic oxidation sites excluding steroid dienone is 1. The molecule has 0 aliphatic carbocycles. The highest BCUT2D eigenvalue weighted by atomic mass is 16.5. The van der Waals surface area contributed by atoms with Crippen molar-refractivity contribution in [2.75, 3.05) is 33.3 Å². The van der Waals surface area contributed by atoms with E-state index in [-0.39, 0.29) is 5.97 Å². The normalized spacial score (nSPS) is 14.8. The lowest BCUT2D eigenvalue weighted by molar-refractivity contribution is 0.0600. The maximum atomic E-state index is 11.9. The van der Waals surface area contributed by atoms with Gasteiger partial charge in [-0.15, -0.1) is 0 Å². The summed E-state index contributed by atoms with van der Waals surface area (Å²) >= 11 is 0. The van der Waals surface area contributed by atoms with Gasteiger partial charge in [0, 0.05) is 37.4 Å². The number of para-hydroxylation sites is 1. The summed E-state index contributed by atoms with van der Waals surface area (Å²) in [6.45, 7) is 9.58. The fraction of sp³-hybridized carbons (Fsp3) is 0.273. The number of amidine groups is 1. The van der Waals surface area contributed by atoms with Gasteiger partial charge in [0.1, 0.15) is 5.84 Å². The van der Waals surface area contributed by atoms with Gasteiger partial charge >= 0.3 is 5.97 Å². The first-order valence-electron chi connectivity index (χ1n) is 9.06. The van der Waals surface area contributed by atoms with Crippen molar-refractivity contribution in [1.29, 1.82) is 0 Å². The minimum atomic E-state index is -0.344. The van der Waals surface area contributed by atoms with Crippen LogP contribution in [0.5, 0.6) is 0 Å². The maximum absolute atomic E-state index is 11.9. The highest BCUT2D eigenvalue weighted by Gasteiger charge is 2.21. The molecule has 3 rings (SSSR count). The van der Waals surface area contributed by atoms with Crippen LogP contribution in [-0.2, 0) is 4.74 Å². The number of rotatable bonds is 4. The second-order valence-corrected chi connectivity index (χ2v) is 6.55. The molecular formula is C22H25N3O2. The van der Waals surface area contributed by atoms with E-state index in [0.717, 1.165) is 49.0 Å². The molecule has 0 bridgehead atoms. The lowest BCUT2D eigenvalue weighted by atomic mass is 10.1. The minimum absolute atomic E-state index is 0.344. The Morgan fingerprint density at radius 2 is 1.59 bits per heavy atom. The Hall–Kier alpha value is -3.08. The van der Waals surface area contributed by atoms with E-state index in [1.807, 2.05) is 55.5 Å². The third-order valence-corrected chi connectivity index (χ3v) is 4.65. The fourth-order valence-electron chi connectivity index (χ4n) is 3.15. The zero-order valence-electron chi connectivity index (χ0n) is 15.9. The molecule has 1 saturated heterocycles. The Kier molecular flexibility index (Phi) is 5.91. The summed E-state index contributed by atoms with van der Waals surface area (Å²) in [7, 11) is 1.39. The lowest BCUT2D eigenvalue weighted by Crippen LogP contribution is -2.48. The second kappa shape index (κ2) is 8.54. The van der Waals surface area contributed by atoms with E-state index in [1.54, 1.807) is 6.07 Å². The number of esters is 1. The molecular weight excluding hydrogens is 338 g/mol. The summed E-state index contributed by atoms with van der Waals surface area (Å²) in [5.41, 5.74) is 3.41. The summed E-state index contributed by atoms with van der Waals surface area (Å²) in [5, 5.41) is 0. The molecule has 27 heavy (non-hydrogen) atoms. The molecule has 0 atom stereocenters. The Bertz CT molecular complexity index is 838. The Morgan fingerprint density at radius 1 is 0.963 bits per heavy atom. The van der Waals surface area contributed by atoms with Crippen LogP contribution in [0.3, 0.4) is 0 Å². The SMILES string of the molecule is C=C(C)N1CCN(C(=Nc2ccccc2)c2cccc(C(=O)OC)c2)CC1. The quantitative estimate of drug-likeness (QED) is 0.472. The van der Waals surface area contributed by atoms with Crippen LogP contribution in [0, 0.1) is 0 Å². The molecule has 0 unspecified atom stereocenters. The molecule has 5 nitrogen and oxygen atoms in total. The van der Waals surface area contributed by atoms with Crippen LogP contribution in [0.2, 0.25) is 0 Å². The van der Waals surface area contributed by atoms with E-state index in [4.69, 9.17) is 9.73 Å². The molecule has 0 spiro atoms. The van der Waals surface area contributed by atoms with Gasteiger partial charge in [0.2, 0.25) is 0 Å². The van der Waals surface area contributed by atoms with Crippen molar-refractivity contribution in [3.05, 3.63) is 78.0 Å². The van der Waals surface area contributed by atoms with Gasteiger partial charge in [-0.05, 0) is 31.2 Å². The number of carbonyl (C=O) groups is 1. The maximum Gasteiger partial charge on any atom is 0.337 e. The zero-order valence-corrected chi connectivity index (χ0v) is 15.9. The number of piperazine rings is 1. The molecule has 0 N–H and O–H groups in total. The van der Waals surface area contributed by atoms with Crippen molar-refractivity contribution in [1.82, 2.24) is 9.80 Å². The average molecular weight is 363 g/mol. The molecule has 1 aliphatic heterocycles. The topological polar surface area (TPSA) is 45.1 Å². The van der Waals surface area contributed by atoms with Gasteiger partial charge in [0.05, 0.1) is 18.4 Å². The van der Waals surface area contributed by atoms with E-state index in [2.05, 4.69) is 16.4 Å². The number of hydrogen-bond acceptors (Lipinski definition) is 4. The van der Waals surface area contributed by atoms with E-state index < -0.39 is 0 Å². The van der Waals surface area contributed by atoms with E-state index in [9.17, 15) is 4.79 Å². The molecule has 0 amide bonds. The van der Waals surface area contributed by atoms with Gasteiger partial charge in [-0.1, -0.05) is 36.9 Å². The van der Waals surface area contributed by atoms with Gasteiger partial charge in [0.25, 0.3) is 0 Å². The monoisotopic (exact) mass is 363 g/mol. The number of ether oxygens (including phenoxy) is 1. The Labute approximate surface area is 160 Å². The van der Waals surface area contributed by atoms with Gasteiger partial charge in [0.15, 0.2) is 0 Å². The van der Waals surface area contributed by atoms with Crippen LogP contribution in [0.1, 0.15) is 22.8 Å². The first-order valence-corrected chi connectivity index (χ1v) is 9.06. The largest absolute Gasteiger partial charge is 0.465 e. The van der Waals surface area contributed by atoms with E-state index in [0.29, 0.717) is 5.56 Å². The van der Waals surface area contributed by atoms with Gasteiger partial charge in [-0.25, -0.2) is 9.79 Å². The van der Waals surface area contributed by atoms with Crippen LogP contribution in [0.15, 0.2) is 71.9 Å². The summed E-state index contributed by atoms with van der Waals surface area (Å²) in [6.07, 6.45) is 0. The Balaban J connectivity index is 1.95. The van der Waals surface area contributed by atoms with Crippen molar-refractivity contribution >= 4 is 17.5 Å². The van der Waals surface area contributed by atoms with Crippen LogP contribution >= 0.6 is 0 Å². The Morgan fingerprint density at radius 3 is 2.22 bits per heavy atom. The zero-order chi connectivity index (χ0) is 19.2. The molecule has 1 heterocycles. The summed E-state index contributed by atoms with van der Waals surface area (Å²) in [6, 6.07) is 17.3. The molecule has 1 fully saturated rings. The third kappa shape index (κ3) is 4.56. The third-order valence-electron chi connectivity index (χ3n) is 4.65.